The average molecular weight is 520 g/mol. The van der Waals surface area contributed by atoms with Crippen molar-refractivity contribution >= 4 is 32.0 Å². The summed E-state index contributed by atoms with van der Waals surface area (Å²) in [5.74, 6) is 0.681. The molecule has 0 radical (unpaired) electrons. The first-order chi connectivity index (χ1) is 18.0. The van der Waals surface area contributed by atoms with Gasteiger partial charge in [-0.25, -0.2) is 14.4 Å². The van der Waals surface area contributed by atoms with Gasteiger partial charge in [-0.15, -0.1) is 9.24 Å². The molecular weight excluding hydrogens is 484 g/mol. The number of hydrogen-bond donors (Lipinski definition) is 1. The number of unbranched alkanes of at least 4 members (excludes halogenated alkanes) is 1. The fraction of sp³-hybridized carbons (Fsp3) is 0.379. The van der Waals surface area contributed by atoms with Gasteiger partial charge < -0.3 is 10.2 Å². The number of carbonyl (C=O) groups is 1. The van der Waals surface area contributed by atoms with Gasteiger partial charge in [0.15, 0.2) is 0 Å². The molecule has 8 heteroatoms. The van der Waals surface area contributed by atoms with Crippen LogP contribution in [0.3, 0.4) is 0 Å². The monoisotopic (exact) mass is 519 g/mol. The van der Waals surface area contributed by atoms with Crippen LogP contribution >= 0.6 is 9.24 Å². The minimum atomic E-state index is -0.226. The number of pyridine rings is 1. The van der Waals surface area contributed by atoms with Crippen LogP contribution in [0.25, 0.3) is 11.1 Å². The van der Waals surface area contributed by atoms with Crippen LogP contribution < -0.4 is 15.5 Å². The fourth-order valence-electron chi connectivity index (χ4n) is 5.07. The predicted octanol–water partition coefficient (Wildman–Crippen LogP) is 5.07. The molecule has 1 amide bonds. The zero-order chi connectivity index (χ0) is 25.8. The molecule has 194 valence electrons. The van der Waals surface area contributed by atoms with E-state index in [1.165, 1.54) is 6.07 Å². The summed E-state index contributed by atoms with van der Waals surface area (Å²) in [5.41, 5.74) is 4.64. The Morgan fingerprint density at radius 1 is 1.08 bits per heavy atom. The summed E-state index contributed by atoms with van der Waals surface area (Å²) in [5, 5.41) is 8.52. The van der Waals surface area contributed by atoms with Gasteiger partial charge in [-0.2, -0.15) is 0 Å². The number of halogens is 1. The molecule has 1 unspecified atom stereocenters. The van der Waals surface area contributed by atoms with E-state index in [2.05, 4.69) is 42.4 Å². The maximum Gasteiger partial charge on any atom is 0.268 e. The van der Waals surface area contributed by atoms with Crippen molar-refractivity contribution in [3.63, 3.8) is 0 Å². The number of carbonyl (C=O) groups excluding carboxylic acids is 1. The van der Waals surface area contributed by atoms with Gasteiger partial charge in [0.2, 0.25) is 0 Å². The van der Waals surface area contributed by atoms with Crippen LogP contribution in [-0.2, 0) is 6.54 Å². The summed E-state index contributed by atoms with van der Waals surface area (Å²) < 4.78 is 13.9. The highest BCUT2D eigenvalue weighted by molar-refractivity contribution is 7.27. The predicted molar refractivity (Wildman–Crippen MR) is 152 cm³/mol. The van der Waals surface area contributed by atoms with Crippen molar-refractivity contribution in [2.75, 3.05) is 42.9 Å². The number of rotatable bonds is 8. The highest BCUT2D eigenvalue weighted by atomic mass is 31.0. The summed E-state index contributed by atoms with van der Waals surface area (Å²) in [4.78, 5) is 20.3. The van der Waals surface area contributed by atoms with E-state index in [9.17, 15) is 9.18 Å². The van der Waals surface area contributed by atoms with Crippen LogP contribution in [0.15, 0.2) is 54.7 Å². The molecule has 5 rings (SSSR count). The van der Waals surface area contributed by atoms with Crippen LogP contribution in [0.2, 0.25) is 0 Å². The van der Waals surface area contributed by atoms with Gasteiger partial charge in [0.05, 0.1) is 5.69 Å². The van der Waals surface area contributed by atoms with Gasteiger partial charge in [0.25, 0.3) is 5.91 Å². The lowest BCUT2D eigenvalue weighted by Crippen LogP contribution is -2.45. The second-order valence-electron chi connectivity index (χ2n) is 9.80. The third kappa shape index (κ3) is 5.78. The second kappa shape index (κ2) is 11.6. The molecule has 2 aromatic carbocycles. The lowest BCUT2D eigenvalue weighted by atomic mass is 10.0. The number of nitrogens with zero attached hydrogens (tertiary/aromatic N) is 4. The summed E-state index contributed by atoms with van der Waals surface area (Å²) in [6.07, 6.45) is 6.21. The van der Waals surface area contributed by atoms with Crippen LogP contribution in [0.1, 0.15) is 48.5 Å². The maximum absolute atomic E-state index is 13.9. The van der Waals surface area contributed by atoms with E-state index in [0.717, 1.165) is 91.9 Å². The number of fused-ring (bicyclic) bond motifs is 1. The zero-order valence-electron chi connectivity index (χ0n) is 21.4. The molecule has 1 aromatic heterocycles. The smallest absolute Gasteiger partial charge is 0.268 e. The first-order valence-electron chi connectivity index (χ1n) is 13.2. The number of anilines is 2. The number of benzene rings is 2. The summed E-state index contributed by atoms with van der Waals surface area (Å²) in [6.45, 7) is 7.01. The molecule has 1 atom stereocenters. The minimum Gasteiger partial charge on any atom is -0.367 e. The van der Waals surface area contributed by atoms with Crippen molar-refractivity contribution in [1.82, 2.24) is 15.0 Å². The topological polar surface area (TPSA) is 51.7 Å². The first-order valence-corrected chi connectivity index (χ1v) is 13.8. The number of amides is 1. The summed E-state index contributed by atoms with van der Waals surface area (Å²) >= 11 is 0. The first kappa shape index (κ1) is 25.6. The molecule has 0 saturated carbocycles. The molecule has 0 aliphatic carbocycles. The van der Waals surface area contributed by atoms with Gasteiger partial charge in [-0.1, -0.05) is 31.5 Å². The number of hydrogen-bond acceptors (Lipinski definition) is 5. The van der Waals surface area contributed by atoms with E-state index in [-0.39, 0.29) is 11.7 Å². The third-order valence-corrected chi connectivity index (χ3v) is 7.76. The average Bonchev–Trinajstić information content (AvgIpc) is 3.46. The zero-order valence-corrected chi connectivity index (χ0v) is 22.6. The van der Waals surface area contributed by atoms with Crippen LogP contribution in [0, 0.1) is 5.82 Å². The highest BCUT2D eigenvalue weighted by Gasteiger charge is 2.25. The van der Waals surface area contributed by atoms with Gasteiger partial charge in [-0.05, 0) is 66.0 Å². The molecule has 3 heterocycles. The largest absolute Gasteiger partial charge is 0.367 e. The molecule has 37 heavy (non-hydrogen) atoms. The molecular formula is C29H35FN5OP. The van der Waals surface area contributed by atoms with E-state index in [0.29, 0.717) is 12.1 Å². The van der Waals surface area contributed by atoms with Crippen molar-refractivity contribution in [2.24, 2.45) is 0 Å². The lowest BCUT2D eigenvalue weighted by molar-refractivity contribution is 0.00351. The van der Waals surface area contributed by atoms with Crippen molar-refractivity contribution in [2.45, 2.75) is 39.2 Å². The number of aromatic nitrogens is 1. The van der Waals surface area contributed by atoms with Crippen LogP contribution in [0.5, 0.6) is 0 Å². The fourth-order valence-corrected chi connectivity index (χ4v) is 5.35. The van der Waals surface area contributed by atoms with E-state index in [4.69, 9.17) is 0 Å². The Balaban J connectivity index is 1.36. The number of nitrogens with one attached hydrogen (secondary N) is 1. The van der Waals surface area contributed by atoms with E-state index in [1.807, 2.05) is 35.5 Å². The standard InChI is InChI=1S/C29H35FN5OP/c1-2-3-15-35(34-13-4-5-14-34)29(36)22-8-6-21(7-9-22)23-18-26-28(32-19-23)31-12-16-33(26)20-24-17-25(30)10-11-27(24)37/h6-11,17-19H,2-5,12-16,20,37H2,1H3,(H,31,32). The number of hydrazine groups is 1. The van der Waals surface area contributed by atoms with Gasteiger partial charge >= 0.3 is 0 Å². The molecule has 0 bridgehead atoms. The summed E-state index contributed by atoms with van der Waals surface area (Å²) in [7, 11) is 2.70. The molecule has 1 N–H and O–H groups in total. The van der Waals surface area contributed by atoms with Crippen molar-refractivity contribution in [1.29, 1.82) is 0 Å². The lowest BCUT2D eigenvalue weighted by Gasteiger charge is -2.32. The Bertz CT molecular complexity index is 1250. The van der Waals surface area contributed by atoms with Crippen LogP contribution in [0.4, 0.5) is 15.9 Å². The maximum atomic E-state index is 13.9. The molecule has 2 aliphatic rings. The van der Waals surface area contributed by atoms with Gasteiger partial charge in [0, 0.05) is 56.6 Å². The van der Waals surface area contributed by atoms with Crippen molar-refractivity contribution in [3.05, 3.63) is 71.7 Å². The highest BCUT2D eigenvalue weighted by Crippen LogP contribution is 2.33. The summed E-state index contributed by atoms with van der Waals surface area (Å²) in [6, 6.07) is 14.9. The third-order valence-electron chi connectivity index (χ3n) is 7.20. The van der Waals surface area contributed by atoms with Crippen molar-refractivity contribution < 1.29 is 9.18 Å². The van der Waals surface area contributed by atoms with E-state index >= 15 is 0 Å². The Morgan fingerprint density at radius 2 is 1.86 bits per heavy atom. The van der Waals surface area contributed by atoms with E-state index in [1.54, 1.807) is 12.1 Å². The Hall–Kier alpha value is -3.02. The van der Waals surface area contributed by atoms with Gasteiger partial charge in [0.1, 0.15) is 11.6 Å². The molecule has 1 fully saturated rings. The Morgan fingerprint density at radius 3 is 2.62 bits per heavy atom. The molecule has 0 spiro atoms. The SMILES string of the molecule is CCCCN(C(=O)c1ccc(-c2cnc3c(c2)N(Cc2cc(F)ccc2P)CCN3)cc1)N1CCCC1. The Labute approximate surface area is 221 Å². The normalized spacial score (nSPS) is 15.4. The molecule has 1 saturated heterocycles. The van der Waals surface area contributed by atoms with Crippen LogP contribution in [-0.4, -0.2) is 53.6 Å². The molecule has 3 aromatic rings. The quantitative estimate of drug-likeness (QED) is 0.421. The minimum absolute atomic E-state index is 0.0733. The van der Waals surface area contributed by atoms with E-state index < -0.39 is 0 Å². The molecule has 2 aliphatic heterocycles. The second-order valence-corrected chi connectivity index (χ2v) is 10.4. The van der Waals surface area contributed by atoms with Gasteiger partial charge in [-0.3, -0.25) is 9.80 Å². The van der Waals surface area contributed by atoms with Crippen molar-refractivity contribution in [3.8, 4) is 11.1 Å². The molecule has 6 nitrogen and oxygen atoms in total. The Kier molecular flexibility index (Phi) is 8.02.